The number of carbonyl (C=O) groups is 2. The number of hydrogen-bond acceptors (Lipinski definition) is 6. The van der Waals surface area contributed by atoms with Crippen LogP contribution in [0, 0.1) is 5.82 Å². The van der Waals surface area contributed by atoms with Crippen molar-refractivity contribution in [1.29, 1.82) is 0 Å². The highest BCUT2D eigenvalue weighted by Gasteiger charge is 2.40. The normalized spacial score (nSPS) is 17.0. The predicted molar refractivity (Wildman–Crippen MR) is 143 cm³/mol. The van der Waals surface area contributed by atoms with Crippen LogP contribution in [-0.4, -0.2) is 56.3 Å². The topological polar surface area (TPSA) is 61.9 Å². The molecule has 0 fully saturated rings. The molecule has 37 heavy (non-hydrogen) atoms. The first-order valence-electron chi connectivity index (χ1n) is 12.5. The summed E-state index contributed by atoms with van der Waals surface area (Å²) < 4.78 is 19.7. The van der Waals surface area contributed by atoms with Crippen molar-refractivity contribution >= 4 is 17.4 Å². The summed E-state index contributed by atoms with van der Waals surface area (Å²) >= 11 is 0. The summed E-state index contributed by atoms with van der Waals surface area (Å²) in [5, 5.41) is 3.39. The number of halogens is 1. The van der Waals surface area contributed by atoms with Gasteiger partial charge in [-0.15, -0.1) is 0 Å². The number of benzene rings is 3. The summed E-state index contributed by atoms with van der Waals surface area (Å²) in [6.45, 7) is 3.39. The summed E-state index contributed by atoms with van der Waals surface area (Å²) in [6, 6.07) is 18.0. The average Bonchev–Trinajstić information content (AvgIpc) is 2.84. The molecule has 0 saturated carbocycles. The van der Waals surface area contributed by atoms with E-state index in [2.05, 4.69) is 15.1 Å². The van der Waals surface area contributed by atoms with Crippen molar-refractivity contribution in [3.05, 3.63) is 99.9 Å². The highest BCUT2D eigenvalue weighted by atomic mass is 19.1. The third-order valence-electron chi connectivity index (χ3n) is 6.45. The summed E-state index contributed by atoms with van der Waals surface area (Å²) in [5.41, 5.74) is 4.43. The van der Waals surface area contributed by atoms with Gasteiger partial charge in [-0.2, -0.15) is 0 Å². The van der Waals surface area contributed by atoms with Crippen LogP contribution in [0.25, 0.3) is 0 Å². The minimum absolute atomic E-state index is 0.0524. The van der Waals surface area contributed by atoms with Crippen molar-refractivity contribution in [3.63, 3.8) is 0 Å². The molecule has 2 atom stereocenters. The van der Waals surface area contributed by atoms with Crippen LogP contribution in [0.4, 0.5) is 10.1 Å². The number of ketones is 1. The Morgan fingerprint density at radius 1 is 0.892 bits per heavy atom. The van der Waals surface area contributed by atoms with E-state index >= 15 is 0 Å². The molecule has 0 saturated heterocycles. The number of rotatable bonds is 8. The number of nitrogens with one attached hydrogen (secondary N) is 1. The number of nitrogens with zero attached hydrogens (tertiary/aromatic N) is 2. The van der Waals surface area contributed by atoms with Gasteiger partial charge in [0.25, 0.3) is 0 Å². The van der Waals surface area contributed by atoms with Gasteiger partial charge in [-0.05, 0) is 69.5 Å². The van der Waals surface area contributed by atoms with Gasteiger partial charge in [-0.3, -0.25) is 4.79 Å². The van der Waals surface area contributed by atoms with E-state index in [4.69, 9.17) is 4.74 Å². The lowest BCUT2D eigenvalue weighted by molar-refractivity contribution is 0.0522. The quantitative estimate of drug-likeness (QED) is 0.423. The Bertz CT molecular complexity index is 1270. The summed E-state index contributed by atoms with van der Waals surface area (Å²) in [5.74, 6) is -2.16. The van der Waals surface area contributed by atoms with Gasteiger partial charge in [0, 0.05) is 18.8 Å². The van der Waals surface area contributed by atoms with E-state index in [0.717, 1.165) is 41.4 Å². The second-order valence-electron chi connectivity index (χ2n) is 10.0. The van der Waals surface area contributed by atoms with Gasteiger partial charge >= 0.3 is 5.97 Å². The molecule has 194 valence electrons. The zero-order chi connectivity index (χ0) is 26.7. The Morgan fingerprint density at radius 3 is 1.95 bits per heavy atom. The zero-order valence-electron chi connectivity index (χ0n) is 22.0. The second kappa shape index (κ2) is 11.2. The van der Waals surface area contributed by atoms with Gasteiger partial charge in [0.05, 0.1) is 29.7 Å². The Hall–Kier alpha value is -3.55. The van der Waals surface area contributed by atoms with Gasteiger partial charge in [0.2, 0.25) is 0 Å². The molecule has 0 aliphatic carbocycles. The standard InChI is InChI=1S/C30H34FN3O3/c1-6-37-30(36)24-15-23(31)16-25-27(24)29(35)26(21-11-7-19(8-12-21)17-33(2)3)28(32-25)22-13-9-20(10-14-22)18-34(4)5/h7-16,26,28,32H,6,17-18H2,1-5H3/t26-,28+/m0/s1. The molecule has 1 aliphatic rings. The van der Waals surface area contributed by atoms with Crippen molar-refractivity contribution in [1.82, 2.24) is 9.80 Å². The molecular weight excluding hydrogens is 469 g/mol. The van der Waals surface area contributed by atoms with Crippen molar-refractivity contribution in [2.24, 2.45) is 0 Å². The van der Waals surface area contributed by atoms with Crippen LogP contribution in [0.1, 0.15) is 61.9 Å². The number of Topliss-reactive ketones (excluding diaryl/α,β-unsaturated/α-hetero) is 1. The monoisotopic (exact) mass is 503 g/mol. The van der Waals surface area contributed by atoms with Crippen molar-refractivity contribution in [2.75, 3.05) is 40.1 Å². The molecule has 0 radical (unpaired) electrons. The maximum absolute atomic E-state index is 14.6. The molecular formula is C30H34FN3O3. The van der Waals surface area contributed by atoms with Crippen molar-refractivity contribution in [2.45, 2.75) is 32.0 Å². The average molecular weight is 504 g/mol. The van der Waals surface area contributed by atoms with Gasteiger partial charge in [0.15, 0.2) is 5.78 Å². The minimum atomic E-state index is -0.708. The third kappa shape index (κ3) is 5.89. The molecule has 1 heterocycles. The van der Waals surface area contributed by atoms with Gasteiger partial charge in [-0.25, -0.2) is 9.18 Å². The number of fused-ring (bicyclic) bond motifs is 1. The van der Waals surface area contributed by atoms with Gasteiger partial charge in [0.1, 0.15) is 5.82 Å². The van der Waals surface area contributed by atoms with Gasteiger partial charge < -0.3 is 19.9 Å². The zero-order valence-corrected chi connectivity index (χ0v) is 22.0. The Labute approximate surface area is 218 Å². The molecule has 4 rings (SSSR count). The highest BCUT2D eigenvalue weighted by molar-refractivity contribution is 6.14. The molecule has 0 bridgehead atoms. The first-order valence-corrected chi connectivity index (χ1v) is 12.5. The lowest BCUT2D eigenvalue weighted by Gasteiger charge is -2.35. The van der Waals surface area contributed by atoms with Crippen LogP contribution in [0.2, 0.25) is 0 Å². The van der Waals surface area contributed by atoms with Crippen LogP contribution < -0.4 is 5.32 Å². The van der Waals surface area contributed by atoms with E-state index < -0.39 is 23.7 Å². The summed E-state index contributed by atoms with van der Waals surface area (Å²) in [7, 11) is 8.03. The van der Waals surface area contributed by atoms with E-state index in [1.165, 1.54) is 6.07 Å². The molecule has 1 aliphatic heterocycles. The molecule has 6 nitrogen and oxygen atoms in total. The lowest BCUT2D eigenvalue weighted by Crippen LogP contribution is -2.33. The van der Waals surface area contributed by atoms with Crippen LogP contribution in [-0.2, 0) is 17.8 Å². The van der Waals surface area contributed by atoms with Crippen molar-refractivity contribution in [3.8, 4) is 0 Å². The highest BCUT2D eigenvalue weighted by Crippen LogP contribution is 2.44. The number of anilines is 1. The minimum Gasteiger partial charge on any atom is -0.462 e. The first-order chi connectivity index (χ1) is 17.7. The largest absolute Gasteiger partial charge is 0.462 e. The number of ether oxygens (including phenoxy) is 1. The molecule has 7 heteroatoms. The molecule has 3 aromatic carbocycles. The van der Waals surface area contributed by atoms with Crippen LogP contribution >= 0.6 is 0 Å². The van der Waals surface area contributed by atoms with Crippen LogP contribution in [0.3, 0.4) is 0 Å². The smallest absolute Gasteiger partial charge is 0.339 e. The first kappa shape index (κ1) is 26.5. The van der Waals surface area contributed by atoms with E-state index in [9.17, 15) is 14.0 Å². The SMILES string of the molecule is CCOC(=O)c1cc(F)cc2c1C(=O)[C@@H](c1ccc(CN(C)C)cc1)[C@@H](c1ccc(CN(C)C)cc1)N2. The fourth-order valence-corrected chi connectivity index (χ4v) is 4.92. The molecule has 0 unspecified atom stereocenters. The fraction of sp³-hybridized carbons (Fsp3) is 0.333. The fourth-order valence-electron chi connectivity index (χ4n) is 4.92. The number of carbonyl (C=O) groups excluding carboxylic acids is 2. The second-order valence-corrected chi connectivity index (χ2v) is 10.0. The van der Waals surface area contributed by atoms with E-state index in [0.29, 0.717) is 5.69 Å². The Balaban J connectivity index is 1.82. The summed E-state index contributed by atoms with van der Waals surface area (Å²) in [4.78, 5) is 31.0. The van der Waals surface area contributed by atoms with Crippen molar-refractivity contribution < 1.29 is 18.7 Å². The van der Waals surface area contributed by atoms with E-state index in [1.807, 2.05) is 76.7 Å². The predicted octanol–water partition coefficient (Wildman–Crippen LogP) is 5.26. The molecule has 0 aromatic heterocycles. The van der Waals surface area contributed by atoms with E-state index in [-0.39, 0.29) is 23.5 Å². The number of esters is 1. The lowest BCUT2D eigenvalue weighted by atomic mass is 9.77. The van der Waals surface area contributed by atoms with Crippen LogP contribution in [0.5, 0.6) is 0 Å². The molecule has 0 spiro atoms. The number of hydrogen-bond donors (Lipinski definition) is 1. The molecule has 0 amide bonds. The maximum atomic E-state index is 14.6. The summed E-state index contributed by atoms with van der Waals surface area (Å²) in [6.07, 6.45) is 0. The van der Waals surface area contributed by atoms with E-state index in [1.54, 1.807) is 6.92 Å². The third-order valence-corrected chi connectivity index (χ3v) is 6.45. The van der Waals surface area contributed by atoms with Crippen LogP contribution in [0.15, 0.2) is 60.7 Å². The maximum Gasteiger partial charge on any atom is 0.339 e. The molecule has 3 aromatic rings. The van der Waals surface area contributed by atoms with Gasteiger partial charge in [-0.1, -0.05) is 48.5 Å². The molecule has 1 N–H and O–H groups in total. The Kier molecular flexibility index (Phi) is 8.05. The Morgan fingerprint density at radius 2 is 1.43 bits per heavy atom.